The molecule has 0 radical (unpaired) electrons. The van der Waals surface area contributed by atoms with Gasteiger partial charge in [0.25, 0.3) is 5.91 Å². The topological polar surface area (TPSA) is 85.8 Å². The van der Waals surface area contributed by atoms with Crippen molar-refractivity contribution in [2.75, 3.05) is 0 Å². The summed E-state index contributed by atoms with van der Waals surface area (Å²) in [7, 11) is 0. The molecule has 134 valence electrons. The average Bonchev–Trinajstić information content (AvgIpc) is 3.32. The number of rotatable bonds is 6. The minimum absolute atomic E-state index is 0.238. The highest BCUT2D eigenvalue weighted by atomic mass is 16.5. The summed E-state index contributed by atoms with van der Waals surface area (Å²) < 4.78 is 7.24. The molecule has 0 spiro atoms. The highest BCUT2D eigenvalue weighted by Crippen LogP contribution is 2.23. The molecule has 4 rings (SSSR count). The lowest BCUT2D eigenvalue weighted by atomic mass is 9.96. The van der Waals surface area contributed by atoms with E-state index in [4.69, 9.17) is 4.52 Å². The quantitative estimate of drug-likeness (QED) is 0.736. The van der Waals surface area contributed by atoms with Crippen LogP contribution in [0.1, 0.15) is 46.0 Å². The molecule has 0 saturated heterocycles. The fourth-order valence-electron chi connectivity index (χ4n) is 3.31. The normalized spacial score (nSPS) is 13.4. The van der Waals surface area contributed by atoms with E-state index in [1.165, 1.54) is 5.56 Å². The molecule has 0 bridgehead atoms. The van der Waals surface area contributed by atoms with Crippen molar-refractivity contribution in [3.8, 4) is 0 Å². The van der Waals surface area contributed by atoms with Gasteiger partial charge in [0.1, 0.15) is 6.33 Å². The molecular weight excluding hydrogens is 330 g/mol. The molecule has 3 aromatic rings. The first-order chi connectivity index (χ1) is 12.8. The van der Waals surface area contributed by atoms with Gasteiger partial charge in [-0.1, -0.05) is 35.5 Å². The number of nitrogens with one attached hydrogen (secondary N) is 1. The second-order valence-corrected chi connectivity index (χ2v) is 6.50. The van der Waals surface area contributed by atoms with Crippen LogP contribution in [0, 0.1) is 0 Å². The molecule has 2 heterocycles. The molecule has 7 heteroatoms. The van der Waals surface area contributed by atoms with Crippen LogP contribution in [0.3, 0.4) is 0 Å². The van der Waals surface area contributed by atoms with Gasteiger partial charge in [-0.25, -0.2) is 0 Å². The maximum absolute atomic E-state index is 12.5. The number of hydrogen-bond acceptors (Lipinski definition) is 5. The predicted molar refractivity (Wildman–Crippen MR) is 94.5 cm³/mol. The van der Waals surface area contributed by atoms with Gasteiger partial charge in [0.15, 0.2) is 5.82 Å². The van der Waals surface area contributed by atoms with Crippen molar-refractivity contribution in [2.45, 2.75) is 45.2 Å². The Kier molecular flexibility index (Phi) is 4.77. The number of hydrogen-bond donors (Lipinski definition) is 1. The number of nitrogens with zero attached hydrogens (tertiary/aromatic N) is 4. The number of carbonyl (C=O) groups is 1. The number of benzene rings is 1. The Bertz CT molecular complexity index is 884. The zero-order chi connectivity index (χ0) is 17.8. The Morgan fingerprint density at radius 1 is 1.19 bits per heavy atom. The zero-order valence-electron chi connectivity index (χ0n) is 14.5. The Morgan fingerprint density at radius 2 is 2.04 bits per heavy atom. The highest BCUT2D eigenvalue weighted by molar-refractivity contribution is 5.93. The molecule has 1 aromatic carbocycles. The van der Waals surface area contributed by atoms with E-state index in [1.54, 1.807) is 6.33 Å². The summed E-state index contributed by atoms with van der Waals surface area (Å²) in [6, 6.07) is 10.3. The van der Waals surface area contributed by atoms with Crippen LogP contribution in [0.2, 0.25) is 0 Å². The van der Waals surface area contributed by atoms with E-state index in [0.29, 0.717) is 12.3 Å². The third-order valence-electron chi connectivity index (χ3n) is 4.75. The molecular formula is C19H21N5O2. The molecule has 1 aliphatic rings. The van der Waals surface area contributed by atoms with Crippen LogP contribution in [0.5, 0.6) is 0 Å². The van der Waals surface area contributed by atoms with E-state index in [2.05, 4.69) is 32.8 Å². The van der Waals surface area contributed by atoms with Crippen LogP contribution < -0.4 is 5.32 Å². The summed E-state index contributed by atoms with van der Waals surface area (Å²) in [6.07, 6.45) is 6.50. The predicted octanol–water partition coefficient (Wildman–Crippen LogP) is 2.32. The summed E-state index contributed by atoms with van der Waals surface area (Å²) in [6.45, 7) is 1.07. The fourth-order valence-corrected chi connectivity index (χ4v) is 3.31. The van der Waals surface area contributed by atoms with E-state index in [0.717, 1.165) is 55.7 Å². The van der Waals surface area contributed by atoms with Gasteiger partial charge in [0.2, 0.25) is 5.76 Å². The lowest BCUT2D eigenvalue weighted by Crippen LogP contribution is -2.25. The first-order valence-corrected chi connectivity index (χ1v) is 8.97. The van der Waals surface area contributed by atoms with Crippen LogP contribution in [0.15, 0.2) is 41.2 Å². The van der Waals surface area contributed by atoms with Crippen LogP contribution in [0.25, 0.3) is 0 Å². The lowest BCUT2D eigenvalue weighted by Gasteiger charge is -2.10. The van der Waals surface area contributed by atoms with Gasteiger partial charge < -0.3 is 14.4 Å². The van der Waals surface area contributed by atoms with Crippen molar-refractivity contribution in [2.24, 2.45) is 0 Å². The number of aryl methyl sites for hydroxylation is 3. The number of amides is 1. The van der Waals surface area contributed by atoms with Gasteiger partial charge in [-0.15, -0.1) is 10.2 Å². The fraction of sp³-hybridized carbons (Fsp3) is 0.368. The summed E-state index contributed by atoms with van der Waals surface area (Å²) in [5, 5.41) is 15.0. The van der Waals surface area contributed by atoms with Crippen molar-refractivity contribution in [3.63, 3.8) is 0 Å². The van der Waals surface area contributed by atoms with E-state index in [9.17, 15) is 4.79 Å². The zero-order valence-corrected chi connectivity index (χ0v) is 14.5. The molecule has 1 amide bonds. The van der Waals surface area contributed by atoms with Gasteiger partial charge in [-0.2, -0.15) is 0 Å². The molecule has 7 nitrogen and oxygen atoms in total. The molecule has 0 aliphatic heterocycles. The van der Waals surface area contributed by atoms with Crippen LogP contribution in [-0.2, 0) is 32.4 Å². The molecule has 1 aliphatic carbocycles. The van der Waals surface area contributed by atoms with E-state index in [-0.39, 0.29) is 5.91 Å². The maximum Gasteiger partial charge on any atom is 0.290 e. The van der Waals surface area contributed by atoms with Gasteiger partial charge in [0, 0.05) is 12.1 Å². The Balaban J connectivity index is 1.37. The van der Waals surface area contributed by atoms with Gasteiger partial charge in [-0.05, 0) is 37.7 Å². The smallest absolute Gasteiger partial charge is 0.290 e. The largest absolute Gasteiger partial charge is 0.350 e. The number of aromatic nitrogens is 4. The molecule has 26 heavy (non-hydrogen) atoms. The summed E-state index contributed by atoms with van der Waals surface area (Å²) in [5.41, 5.74) is 3.14. The second-order valence-electron chi connectivity index (χ2n) is 6.50. The van der Waals surface area contributed by atoms with E-state index >= 15 is 0 Å². The third kappa shape index (κ3) is 3.51. The standard InChI is InChI=1S/C19H21N5O2/c25-19(18-15-8-4-5-9-16(15)23-26-18)20-12-17-22-21-13-24(17)11-10-14-6-2-1-3-7-14/h1-3,6-7,13H,4-5,8-12H2,(H,20,25). The molecule has 0 fully saturated rings. The summed E-state index contributed by atoms with van der Waals surface area (Å²) in [5.74, 6) is 0.830. The number of fused-ring (bicyclic) bond motifs is 1. The Morgan fingerprint density at radius 3 is 2.92 bits per heavy atom. The SMILES string of the molecule is O=C(NCc1nncn1CCc1ccccc1)c1onc2c1CCCC2. The molecule has 1 N–H and O–H groups in total. The minimum Gasteiger partial charge on any atom is -0.350 e. The third-order valence-corrected chi connectivity index (χ3v) is 4.75. The molecule has 2 aromatic heterocycles. The monoisotopic (exact) mass is 351 g/mol. The van der Waals surface area contributed by atoms with E-state index in [1.807, 2.05) is 22.8 Å². The Labute approximate surface area is 151 Å². The highest BCUT2D eigenvalue weighted by Gasteiger charge is 2.24. The van der Waals surface area contributed by atoms with Crippen molar-refractivity contribution >= 4 is 5.91 Å². The van der Waals surface area contributed by atoms with Gasteiger partial charge >= 0.3 is 0 Å². The lowest BCUT2D eigenvalue weighted by molar-refractivity contribution is 0.0911. The molecule has 0 saturated carbocycles. The van der Waals surface area contributed by atoms with Gasteiger partial charge in [0.05, 0.1) is 12.2 Å². The summed E-state index contributed by atoms with van der Waals surface area (Å²) >= 11 is 0. The average molecular weight is 351 g/mol. The molecule has 0 unspecified atom stereocenters. The van der Waals surface area contributed by atoms with Crippen LogP contribution in [-0.4, -0.2) is 25.8 Å². The van der Waals surface area contributed by atoms with Crippen molar-refractivity contribution < 1.29 is 9.32 Å². The van der Waals surface area contributed by atoms with Crippen molar-refractivity contribution in [1.82, 2.24) is 25.2 Å². The van der Waals surface area contributed by atoms with Crippen LogP contribution >= 0.6 is 0 Å². The minimum atomic E-state index is -0.238. The molecule has 0 atom stereocenters. The van der Waals surface area contributed by atoms with E-state index < -0.39 is 0 Å². The first kappa shape index (κ1) is 16.5. The first-order valence-electron chi connectivity index (χ1n) is 8.97. The Hall–Kier alpha value is -2.96. The maximum atomic E-state index is 12.5. The number of carbonyl (C=O) groups excluding carboxylic acids is 1. The summed E-state index contributed by atoms with van der Waals surface area (Å²) in [4.78, 5) is 12.5. The second kappa shape index (κ2) is 7.51. The van der Waals surface area contributed by atoms with Gasteiger partial charge in [-0.3, -0.25) is 4.79 Å². The van der Waals surface area contributed by atoms with Crippen LogP contribution in [0.4, 0.5) is 0 Å². The van der Waals surface area contributed by atoms with Crippen molar-refractivity contribution in [1.29, 1.82) is 0 Å². The van der Waals surface area contributed by atoms with Crippen molar-refractivity contribution in [3.05, 3.63) is 65.1 Å².